The van der Waals surface area contributed by atoms with Crippen molar-refractivity contribution in [2.45, 2.75) is 13.5 Å². The van der Waals surface area contributed by atoms with Crippen LogP contribution in [-0.2, 0) is 11.3 Å². The van der Waals surface area contributed by atoms with E-state index in [-0.39, 0.29) is 5.91 Å². The van der Waals surface area contributed by atoms with Gasteiger partial charge in [0.25, 0.3) is 0 Å². The van der Waals surface area contributed by atoms with Gasteiger partial charge in [0.05, 0.1) is 17.9 Å². The van der Waals surface area contributed by atoms with Gasteiger partial charge in [0.2, 0.25) is 5.91 Å². The number of fused-ring (bicyclic) bond motifs is 1. The van der Waals surface area contributed by atoms with Gasteiger partial charge in [0, 0.05) is 19.3 Å². The minimum absolute atomic E-state index is 0.0194. The van der Waals surface area contributed by atoms with Crippen LogP contribution in [0.3, 0.4) is 0 Å². The molecule has 0 bridgehead atoms. The number of aromatic nitrogens is 1. The van der Waals surface area contributed by atoms with Gasteiger partial charge in [-0.05, 0) is 30.7 Å². The number of hydrogen-bond acceptors (Lipinski definition) is 4. The quantitative estimate of drug-likeness (QED) is 0.904. The van der Waals surface area contributed by atoms with Gasteiger partial charge in [0.15, 0.2) is 0 Å². The number of nitrogens with zero attached hydrogens (tertiary/aromatic N) is 2. The normalized spacial score (nSPS) is 13.6. The molecule has 108 valence electrons. The van der Waals surface area contributed by atoms with Crippen LogP contribution in [-0.4, -0.2) is 24.0 Å². The molecule has 0 fully saturated rings. The summed E-state index contributed by atoms with van der Waals surface area (Å²) in [4.78, 5) is 18.2. The zero-order valence-electron chi connectivity index (χ0n) is 12.0. The molecule has 1 aromatic heterocycles. The molecule has 5 heteroatoms. The summed E-state index contributed by atoms with van der Waals surface area (Å²) in [6.45, 7) is 3.93. The molecule has 2 aromatic rings. The zero-order valence-corrected chi connectivity index (χ0v) is 12.0. The van der Waals surface area contributed by atoms with Crippen LogP contribution in [0.25, 0.3) is 0 Å². The predicted octanol–water partition coefficient (Wildman–Crippen LogP) is 2.47. The lowest BCUT2D eigenvalue weighted by atomic mass is 10.1. The SMILES string of the molecule is CCNc1ccc(CN2CC(=O)Nc3ccccc32)cn1. The Labute approximate surface area is 124 Å². The van der Waals surface area contributed by atoms with Crippen molar-refractivity contribution >= 4 is 23.1 Å². The fourth-order valence-corrected chi connectivity index (χ4v) is 2.47. The number of carbonyl (C=O) groups excluding carboxylic acids is 1. The zero-order chi connectivity index (χ0) is 14.7. The molecular weight excluding hydrogens is 264 g/mol. The molecule has 0 radical (unpaired) electrons. The van der Waals surface area contributed by atoms with Crippen LogP contribution >= 0.6 is 0 Å². The third-order valence-electron chi connectivity index (χ3n) is 3.41. The summed E-state index contributed by atoms with van der Waals surface area (Å²) < 4.78 is 0. The second-order valence-corrected chi connectivity index (χ2v) is 5.00. The summed E-state index contributed by atoms with van der Waals surface area (Å²) in [5.74, 6) is 0.893. The van der Waals surface area contributed by atoms with E-state index in [1.165, 1.54) is 0 Å². The van der Waals surface area contributed by atoms with Crippen LogP contribution in [0.5, 0.6) is 0 Å². The fourth-order valence-electron chi connectivity index (χ4n) is 2.47. The highest BCUT2D eigenvalue weighted by atomic mass is 16.2. The van der Waals surface area contributed by atoms with E-state index in [9.17, 15) is 4.79 Å². The van der Waals surface area contributed by atoms with Gasteiger partial charge in [-0.25, -0.2) is 4.98 Å². The number of pyridine rings is 1. The molecule has 2 N–H and O–H groups in total. The van der Waals surface area contributed by atoms with E-state index >= 15 is 0 Å². The van der Waals surface area contributed by atoms with Gasteiger partial charge in [-0.2, -0.15) is 0 Å². The highest BCUT2D eigenvalue weighted by Crippen LogP contribution is 2.29. The maximum absolute atomic E-state index is 11.8. The Hall–Kier alpha value is -2.56. The smallest absolute Gasteiger partial charge is 0.243 e. The fraction of sp³-hybridized carbons (Fsp3) is 0.250. The largest absolute Gasteiger partial charge is 0.370 e. The molecule has 5 nitrogen and oxygen atoms in total. The second-order valence-electron chi connectivity index (χ2n) is 5.00. The third-order valence-corrected chi connectivity index (χ3v) is 3.41. The molecule has 2 heterocycles. The van der Waals surface area contributed by atoms with Crippen molar-refractivity contribution in [2.24, 2.45) is 0 Å². The number of para-hydroxylation sites is 2. The maximum Gasteiger partial charge on any atom is 0.243 e. The van der Waals surface area contributed by atoms with Crippen LogP contribution in [0.4, 0.5) is 17.2 Å². The average molecular weight is 282 g/mol. The molecule has 0 spiro atoms. The first-order valence-corrected chi connectivity index (χ1v) is 7.09. The maximum atomic E-state index is 11.8. The Kier molecular flexibility index (Phi) is 3.73. The number of carbonyl (C=O) groups is 1. The van der Waals surface area contributed by atoms with Crippen molar-refractivity contribution in [1.82, 2.24) is 4.98 Å². The van der Waals surface area contributed by atoms with E-state index < -0.39 is 0 Å². The highest BCUT2D eigenvalue weighted by molar-refractivity contribution is 6.01. The van der Waals surface area contributed by atoms with E-state index in [0.29, 0.717) is 13.1 Å². The lowest BCUT2D eigenvalue weighted by Crippen LogP contribution is -2.37. The minimum Gasteiger partial charge on any atom is -0.370 e. The summed E-state index contributed by atoms with van der Waals surface area (Å²) in [7, 11) is 0. The standard InChI is InChI=1S/C16H18N4O/c1-2-17-15-8-7-12(9-18-15)10-20-11-16(21)19-13-5-3-4-6-14(13)20/h3-9H,2,10-11H2,1H3,(H,17,18)(H,19,21). The first-order chi connectivity index (χ1) is 10.3. The number of amides is 1. The second kappa shape index (κ2) is 5.83. The molecule has 0 saturated carbocycles. The van der Waals surface area contributed by atoms with Crippen LogP contribution in [0.2, 0.25) is 0 Å². The molecule has 1 amide bonds. The van der Waals surface area contributed by atoms with Crippen LogP contribution in [0, 0.1) is 0 Å². The molecule has 1 aromatic carbocycles. The highest BCUT2D eigenvalue weighted by Gasteiger charge is 2.21. The molecule has 3 rings (SSSR count). The summed E-state index contributed by atoms with van der Waals surface area (Å²) in [5.41, 5.74) is 3.00. The van der Waals surface area contributed by atoms with Gasteiger partial charge in [-0.3, -0.25) is 4.79 Å². The lowest BCUT2D eigenvalue weighted by molar-refractivity contribution is -0.115. The number of rotatable bonds is 4. The number of anilines is 3. The van der Waals surface area contributed by atoms with Crippen LogP contribution in [0.1, 0.15) is 12.5 Å². The molecule has 0 saturated heterocycles. The minimum atomic E-state index is 0.0194. The lowest BCUT2D eigenvalue weighted by Gasteiger charge is -2.30. The summed E-state index contributed by atoms with van der Waals surface area (Å²) >= 11 is 0. The predicted molar refractivity (Wildman–Crippen MR) is 84.5 cm³/mol. The van der Waals surface area contributed by atoms with Crippen molar-refractivity contribution in [3.05, 3.63) is 48.2 Å². The summed E-state index contributed by atoms with van der Waals surface area (Å²) in [6.07, 6.45) is 1.85. The summed E-state index contributed by atoms with van der Waals surface area (Å²) in [6, 6.07) is 11.9. The van der Waals surface area contributed by atoms with Gasteiger partial charge in [0.1, 0.15) is 5.82 Å². The van der Waals surface area contributed by atoms with E-state index in [4.69, 9.17) is 0 Å². The van der Waals surface area contributed by atoms with Gasteiger partial charge >= 0.3 is 0 Å². The molecule has 21 heavy (non-hydrogen) atoms. The topological polar surface area (TPSA) is 57.3 Å². The first kappa shape index (κ1) is 13.4. The van der Waals surface area contributed by atoms with Gasteiger partial charge in [-0.15, -0.1) is 0 Å². The Morgan fingerprint density at radius 1 is 1.29 bits per heavy atom. The van der Waals surface area contributed by atoms with Gasteiger partial charge in [-0.1, -0.05) is 18.2 Å². The monoisotopic (exact) mass is 282 g/mol. The van der Waals surface area contributed by atoms with Crippen molar-refractivity contribution in [3.63, 3.8) is 0 Å². The molecule has 0 aliphatic carbocycles. The average Bonchev–Trinajstić information content (AvgIpc) is 2.49. The number of nitrogens with one attached hydrogen (secondary N) is 2. The molecular formula is C16H18N4O. The number of hydrogen-bond donors (Lipinski definition) is 2. The Bertz CT molecular complexity index is 639. The van der Waals surface area contributed by atoms with Crippen LogP contribution in [0.15, 0.2) is 42.6 Å². The van der Waals surface area contributed by atoms with Gasteiger partial charge < -0.3 is 15.5 Å². The Balaban J connectivity index is 1.80. The Morgan fingerprint density at radius 3 is 2.90 bits per heavy atom. The first-order valence-electron chi connectivity index (χ1n) is 7.09. The molecule has 1 aliphatic rings. The van der Waals surface area contributed by atoms with E-state index in [1.54, 1.807) is 0 Å². The van der Waals surface area contributed by atoms with E-state index in [1.807, 2.05) is 49.5 Å². The number of benzene rings is 1. The van der Waals surface area contributed by atoms with E-state index in [0.717, 1.165) is 29.3 Å². The van der Waals surface area contributed by atoms with E-state index in [2.05, 4.69) is 20.5 Å². The molecule has 0 atom stereocenters. The van der Waals surface area contributed by atoms with Crippen molar-refractivity contribution in [2.75, 3.05) is 28.6 Å². The van der Waals surface area contributed by atoms with Crippen molar-refractivity contribution < 1.29 is 4.79 Å². The summed E-state index contributed by atoms with van der Waals surface area (Å²) in [5, 5.41) is 6.07. The molecule has 0 unspecified atom stereocenters. The Morgan fingerprint density at radius 2 is 2.14 bits per heavy atom. The van der Waals surface area contributed by atoms with Crippen LogP contribution < -0.4 is 15.5 Å². The van der Waals surface area contributed by atoms with Crippen molar-refractivity contribution in [3.8, 4) is 0 Å². The molecule has 1 aliphatic heterocycles. The third kappa shape index (κ3) is 2.97. The van der Waals surface area contributed by atoms with Crippen molar-refractivity contribution in [1.29, 1.82) is 0 Å².